The van der Waals surface area contributed by atoms with E-state index >= 15 is 0 Å². The average molecular weight is 118 g/mol. The van der Waals surface area contributed by atoms with Gasteiger partial charge in [-0.05, 0) is 6.92 Å². The first kappa shape index (κ1) is 6.49. The van der Waals surface area contributed by atoms with Crippen LogP contribution in [0, 0.1) is 0 Å². The zero-order valence-corrected chi connectivity index (χ0v) is 6.62. The molecule has 0 unspecified atom stereocenters. The van der Waals surface area contributed by atoms with Crippen LogP contribution in [0.2, 0.25) is 0 Å². The minimum absolute atomic E-state index is 0.0610. The zero-order chi connectivity index (χ0) is 5.70. The molecule has 2 N–H and O–H groups in total. The Labute approximate surface area is 46.0 Å². The van der Waals surface area contributed by atoms with Crippen molar-refractivity contribution in [1.82, 2.24) is 10.3 Å². The predicted molar refractivity (Wildman–Crippen MR) is 32.1 cm³/mol. The number of rotatable bonds is 1. The summed E-state index contributed by atoms with van der Waals surface area (Å²) in [4.78, 5) is 12.8. The molecule has 42 valence electrons. The van der Waals surface area contributed by atoms with Crippen molar-refractivity contribution in [2.45, 2.75) is 6.92 Å². The third-order valence-corrected chi connectivity index (χ3v) is 1.02. The van der Waals surface area contributed by atoms with Gasteiger partial charge < -0.3 is 10.3 Å². The van der Waals surface area contributed by atoms with Gasteiger partial charge in [0.15, 0.2) is 0 Å². The van der Waals surface area contributed by atoms with Crippen molar-refractivity contribution >= 4 is 16.4 Å². The summed E-state index contributed by atoms with van der Waals surface area (Å²) in [5.74, 6) is 0. The van der Waals surface area contributed by atoms with Gasteiger partial charge in [-0.1, -0.05) is 0 Å². The van der Waals surface area contributed by atoms with Gasteiger partial charge in [-0.3, -0.25) is 0 Å². The van der Waals surface area contributed by atoms with Crippen molar-refractivity contribution in [2.75, 3.05) is 6.54 Å². The summed E-state index contributed by atoms with van der Waals surface area (Å²) < 4.78 is 0. The van der Waals surface area contributed by atoms with Crippen molar-refractivity contribution in [3.8, 4) is 0 Å². The molecule has 7 heavy (non-hydrogen) atoms. The lowest BCUT2D eigenvalue weighted by Gasteiger charge is -1.96. The largest absolute Gasteiger partial charge is 0.373 e. The highest BCUT2D eigenvalue weighted by Gasteiger charge is 1.85. The van der Waals surface area contributed by atoms with Gasteiger partial charge in [0.25, 0.3) is 0 Å². The molecular formula is C3H10N2OSi. The molecule has 0 spiro atoms. The third-order valence-electron chi connectivity index (χ3n) is 0.564. The Kier molecular flexibility index (Phi) is 3.40. The molecule has 3 nitrogen and oxygen atoms in total. The highest BCUT2D eigenvalue weighted by atomic mass is 28.2. The molecule has 0 aromatic rings. The van der Waals surface area contributed by atoms with Crippen molar-refractivity contribution in [3.05, 3.63) is 0 Å². The maximum absolute atomic E-state index is 10.2. The maximum Gasteiger partial charge on any atom is 0.306 e. The lowest BCUT2D eigenvalue weighted by molar-refractivity contribution is 0.246. The Balaban J connectivity index is 3.00. The minimum atomic E-state index is -0.0610. The number of urea groups is 1. The Hall–Kier alpha value is -0.513. The van der Waals surface area contributed by atoms with Crippen LogP contribution in [0.3, 0.4) is 0 Å². The topological polar surface area (TPSA) is 41.1 Å². The number of amides is 2. The second-order valence-corrected chi connectivity index (χ2v) is 1.61. The number of hydrogen-bond acceptors (Lipinski definition) is 1. The first-order valence-electron chi connectivity index (χ1n) is 2.26. The summed E-state index contributed by atoms with van der Waals surface area (Å²) in [5, 5.41) is 2.58. The van der Waals surface area contributed by atoms with Gasteiger partial charge in [-0.25, -0.2) is 4.79 Å². The fraction of sp³-hybridized carbons (Fsp3) is 0.667. The molecule has 0 radical (unpaired) electrons. The van der Waals surface area contributed by atoms with E-state index in [2.05, 4.69) is 10.3 Å². The average Bonchev–Trinajstić information content (AvgIpc) is 1.68. The minimum Gasteiger partial charge on any atom is -0.373 e. The zero-order valence-electron chi connectivity index (χ0n) is 4.62. The van der Waals surface area contributed by atoms with Crippen molar-refractivity contribution < 1.29 is 4.79 Å². The van der Waals surface area contributed by atoms with Gasteiger partial charge in [0.05, 0.1) is 0 Å². The molecule has 0 aromatic heterocycles. The van der Waals surface area contributed by atoms with E-state index < -0.39 is 0 Å². The normalized spacial score (nSPS) is 8.14. The fourth-order valence-corrected chi connectivity index (χ4v) is 0.426. The Morgan fingerprint density at radius 1 is 1.86 bits per heavy atom. The van der Waals surface area contributed by atoms with E-state index in [1.54, 1.807) is 0 Å². The van der Waals surface area contributed by atoms with E-state index in [0.717, 1.165) is 10.4 Å². The predicted octanol–water partition coefficient (Wildman–Crippen LogP) is -1.41. The molecule has 0 rings (SSSR count). The van der Waals surface area contributed by atoms with Gasteiger partial charge in [-0.15, -0.1) is 0 Å². The Morgan fingerprint density at radius 3 is 2.57 bits per heavy atom. The van der Waals surface area contributed by atoms with E-state index in [0.29, 0.717) is 6.54 Å². The monoisotopic (exact) mass is 118 g/mol. The number of carbonyl (C=O) groups excluding carboxylic acids is 1. The van der Waals surface area contributed by atoms with Gasteiger partial charge in [0, 0.05) is 6.54 Å². The number of carbonyl (C=O) groups is 1. The molecule has 4 heteroatoms. The Morgan fingerprint density at radius 2 is 2.43 bits per heavy atom. The van der Waals surface area contributed by atoms with Gasteiger partial charge in [0.2, 0.25) is 0 Å². The third kappa shape index (κ3) is 3.31. The SMILES string of the molecule is CCNC(=O)N[SiH3]. The van der Waals surface area contributed by atoms with Gasteiger partial charge in [-0.2, -0.15) is 0 Å². The van der Waals surface area contributed by atoms with Crippen LogP contribution < -0.4 is 10.3 Å². The lowest BCUT2D eigenvalue weighted by Crippen LogP contribution is -2.33. The maximum atomic E-state index is 10.2. The van der Waals surface area contributed by atoms with Gasteiger partial charge >= 0.3 is 6.03 Å². The van der Waals surface area contributed by atoms with E-state index in [4.69, 9.17) is 0 Å². The Bertz CT molecular complexity index is 66.0. The second-order valence-electron chi connectivity index (χ2n) is 1.11. The molecule has 0 saturated carbocycles. The summed E-state index contributed by atoms with van der Waals surface area (Å²) in [7, 11) is 0.725. The van der Waals surface area contributed by atoms with Crippen LogP contribution in [0.25, 0.3) is 0 Å². The van der Waals surface area contributed by atoms with Crippen LogP contribution in [0.15, 0.2) is 0 Å². The van der Waals surface area contributed by atoms with E-state index in [9.17, 15) is 4.79 Å². The van der Waals surface area contributed by atoms with Crippen molar-refractivity contribution in [1.29, 1.82) is 0 Å². The van der Waals surface area contributed by atoms with Crippen LogP contribution in [-0.4, -0.2) is 23.0 Å². The first-order valence-corrected chi connectivity index (χ1v) is 3.26. The molecule has 2 amide bonds. The molecule has 0 bridgehead atoms. The quantitative estimate of drug-likeness (QED) is 0.408. The van der Waals surface area contributed by atoms with E-state index in [1.165, 1.54) is 0 Å². The summed E-state index contributed by atoms with van der Waals surface area (Å²) in [6, 6.07) is -0.0610. The summed E-state index contributed by atoms with van der Waals surface area (Å²) in [6.45, 7) is 2.59. The second kappa shape index (κ2) is 3.67. The summed E-state index contributed by atoms with van der Waals surface area (Å²) in [6.07, 6.45) is 0. The van der Waals surface area contributed by atoms with Gasteiger partial charge in [0.1, 0.15) is 10.4 Å². The number of nitrogens with one attached hydrogen (secondary N) is 2. The molecule has 0 fully saturated rings. The fourth-order valence-electron chi connectivity index (χ4n) is 0.249. The summed E-state index contributed by atoms with van der Waals surface area (Å²) in [5.41, 5.74) is 0. The van der Waals surface area contributed by atoms with E-state index in [1.807, 2.05) is 6.92 Å². The highest BCUT2D eigenvalue weighted by molar-refractivity contribution is 6.13. The standard InChI is InChI=1S/C3H10N2OSi/c1-2-4-3(6)5-7/h2H2,1,7H3,(H2,4,5,6). The highest BCUT2D eigenvalue weighted by Crippen LogP contribution is 1.55. The molecular weight excluding hydrogens is 108 g/mol. The smallest absolute Gasteiger partial charge is 0.306 e. The molecule has 0 aliphatic rings. The molecule has 0 aliphatic heterocycles. The van der Waals surface area contributed by atoms with Crippen molar-refractivity contribution in [3.63, 3.8) is 0 Å². The van der Waals surface area contributed by atoms with Crippen LogP contribution >= 0.6 is 0 Å². The summed E-state index contributed by atoms with van der Waals surface area (Å²) >= 11 is 0. The van der Waals surface area contributed by atoms with Crippen LogP contribution in [-0.2, 0) is 0 Å². The molecule has 0 atom stereocenters. The lowest BCUT2D eigenvalue weighted by atomic mass is 10.7. The number of hydrogen-bond donors (Lipinski definition) is 2. The van der Waals surface area contributed by atoms with Crippen LogP contribution in [0.4, 0.5) is 4.79 Å². The van der Waals surface area contributed by atoms with Crippen LogP contribution in [0.5, 0.6) is 0 Å². The van der Waals surface area contributed by atoms with Crippen molar-refractivity contribution in [2.24, 2.45) is 0 Å². The van der Waals surface area contributed by atoms with Crippen LogP contribution in [0.1, 0.15) is 6.92 Å². The van der Waals surface area contributed by atoms with E-state index in [-0.39, 0.29) is 6.03 Å². The molecule has 0 aromatic carbocycles. The molecule has 0 heterocycles. The first-order chi connectivity index (χ1) is 3.31. The molecule has 0 aliphatic carbocycles. The molecule has 0 saturated heterocycles.